The number of carbonyl (C=O) groups excluding carboxylic acids is 6. The summed E-state index contributed by atoms with van der Waals surface area (Å²) in [6, 6.07) is 6.26. The van der Waals surface area contributed by atoms with Crippen LogP contribution >= 0.6 is 68.0 Å². The number of alkyl halides is 2. The Morgan fingerprint density at radius 2 is 1.14 bits per heavy atom. The third-order valence-electron chi connectivity index (χ3n) is 19.4. The highest BCUT2D eigenvalue weighted by molar-refractivity contribution is 8.76. The van der Waals surface area contributed by atoms with Crippen LogP contribution in [0.5, 0.6) is 11.5 Å². The van der Waals surface area contributed by atoms with Crippen molar-refractivity contribution in [2.75, 3.05) is 71.0 Å². The number of allylic oxidation sites excluding steroid dienone is 6. The van der Waals surface area contributed by atoms with Crippen LogP contribution in [0.1, 0.15) is 112 Å². The molecule has 4 saturated heterocycles. The van der Waals surface area contributed by atoms with Crippen molar-refractivity contribution >= 4 is 132 Å². The third-order valence-corrected chi connectivity index (χ3v) is 28.2. The summed E-state index contributed by atoms with van der Waals surface area (Å²) in [6.07, 6.45) is 5.44. The van der Waals surface area contributed by atoms with Crippen molar-refractivity contribution in [3.05, 3.63) is 97.7 Å². The van der Waals surface area contributed by atoms with Gasteiger partial charge in [0.15, 0.2) is 11.4 Å². The van der Waals surface area contributed by atoms with Crippen molar-refractivity contribution in [3.8, 4) is 11.5 Å². The maximum absolute atomic E-state index is 14.2. The zero-order valence-corrected chi connectivity index (χ0v) is 72.2. The molecule has 2 aromatic rings. The van der Waals surface area contributed by atoms with Gasteiger partial charge in [-0.15, -0.1) is 23.2 Å². The number of aliphatic hydroxyl groups is 3. The van der Waals surface area contributed by atoms with Gasteiger partial charge in [0.1, 0.15) is 69.3 Å². The molecule has 0 spiro atoms. The summed E-state index contributed by atoms with van der Waals surface area (Å²) in [5.41, 5.74) is -1.38. The lowest BCUT2D eigenvalue weighted by molar-refractivity contribution is -0.162. The van der Waals surface area contributed by atoms with Gasteiger partial charge in [0, 0.05) is 71.2 Å². The molecular weight excluding hydrogens is 1520 g/mol. The monoisotopic (exact) mass is 1630 g/mol. The molecule has 24 nitrogen and oxygen atoms in total. The highest BCUT2D eigenvalue weighted by Gasteiger charge is 2.65. The van der Waals surface area contributed by atoms with Gasteiger partial charge in [-0.05, 0) is 109 Å². The average molecular weight is 1640 g/mol. The molecule has 6 heterocycles. The highest BCUT2D eigenvalue weighted by Crippen LogP contribution is 2.51. The van der Waals surface area contributed by atoms with Crippen molar-refractivity contribution in [2.45, 2.75) is 235 Å². The largest absolute Gasteiger partial charge is 0.668 e. The molecule has 2 aromatic carbocycles. The minimum atomic E-state index is -1.83. The van der Waals surface area contributed by atoms with Gasteiger partial charge in [-0.3, -0.25) is 25.0 Å². The number of ether oxygens (including phenoxy) is 9. The molecule has 6 aliphatic heterocycles. The van der Waals surface area contributed by atoms with Crippen LogP contribution in [0.15, 0.2) is 71.9 Å². The number of benzene rings is 2. The Kier molecular flexibility index (Phi) is 33.5. The molecule has 596 valence electrons. The molecule has 8 bridgehead atoms. The molecule has 0 aromatic heterocycles. The number of amides is 5. The van der Waals surface area contributed by atoms with Gasteiger partial charge in [0.05, 0.1) is 62.1 Å². The molecular formula is C74H113Cl4N6O18S2Si2-. The highest BCUT2D eigenvalue weighted by atomic mass is 35.5. The first-order chi connectivity index (χ1) is 49.1. The van der Waals surface area contributed by atoms with E-state index in [4.69, 9.17) is 93.7 Å². The normalized spacial score (nSPS) is 31.2. The molecule has 4 fully saturated rings. The number of carbonyl (C=O) groups is 6. The fourth-order valence-corrected chi connectivity index (χ4v) is 24.5. The number of halogens is 4. The molecule has 15 atom stereocenters. The Balaban J connectivity index is 0.000000342. The smallest absolute Gasteiger partial charge is 0.409 e. The molecule has 5 N–H and O–H groups in total. The predicted octanol–water partition coefficient (Wildman–Crippen LogP) is 13.7. The van der Waals surface area contributed by atoms with Crippen molar-refractivity contribution in [1.29, 1.82) is 0 Å². The van der Waals surface area contributed by atoms with Crippen molar-refractivity contribution in [1.82, 2.24) is 15.5 Å². The second kappa shape index (κ2) is 38.6. The van der Waals surface area contributed by atoms with Crippen LogP contribution < -0.4 is 29.9 Å². The van der Waals surface area contributed by atoms with Gasteiger partial charge in [0.25, 0.3) is 0 Å². The molecule has 6 aliphatic rings. The fourth-order valence-electron chi connectivity index (χ4n) is 13.5. The van der Waals surface area contributed by atoms with Gasteiger partial charge in [-0.1, -0.05) is 162 Å². The average Bonchev–Trinajstić information content (AvgIpc) is 1.59. The van der Waals surface area contributed by atoms with E-state index >= 15 is 0 Å². The van der Waals surface area contributed by atoms with Crippen molar-refractivity contribution in [3.63, 3.8) is 0 Å². The van der Waals surface area contributed by atoms with E-state index in [0.29, 0.717) is 42.1 Å². The van der Waals surface area contributed by atoms with Crippen LogP contribution in [0.25, 0.3) is 4.65 Å². The molecule has 8 rings (SSSR count). The van der Waals surface area contributed by atoms with Crippen LogP contribution in [0, 0.1) is 11.8 Å². The number of hydrogen-bond donors (Lipinski definition) is 5. The maximum Gasteiger partial charge on any atom is 0.409 e. The molecule has 0 saturated carbocycles. The van der Waals surface area contributed by atoms with Gasteiger partial charge in [-0.2, -0.15) is 0 Å². The van der Waals surface area contributed by atoms with Crippen LogP contribution in [-0.2, 0) is 65.2 Å². The number of nitrogens with one attached hydrogen (secondary N) is 2. The first kappa shape index (κ1) is 92.0. The standard InChI is InChI=1S/C39H56ClN3O10S2.C28H37ClN2O8.C6H18NSi2.CH2Cl2/c1-22-13-12-14-29(50-10)39(48)21-28(51-36(47)41-39)23(2)34-38(6,53-34)30(20-32(45)43(8)26-18-25(17-22)19-27(49-9)33(26)40)52-35(46)24(3)42(7)31(44)15-16-37(4,5)55-54-11;1-15-8-7-9-22(37-6)28(35)14-20(38-26(34)30-28)16(2)25-27(3,39-25)21(32)13-23(33)31(4)18-11-17(10-15)12-19(36-5)24(18)29;1-8(2,3)7-9(4,5)6;2-1-3/h12-14,18-19,23-24,28-30,34,48H,15-17,20-21H2,1-11H3,(H,41,47);7-9,11-12,16,20-22,25,32,35H,10,13-14H2,1-6H3,(H,30,34);1-6H3;1H2/q;;-1;/b14-12+,22-13+;9-7+,15-8+;;/t23?,24-,28?,29?,30?,34?,38?,39?;;;/m0.../s1. The summed E-state index contributed by atoms with van der Waals surface area (Å²) in [5, 5.41) is 40.0. The summed E-state index contributed by atoms with van der Waals surface area (Å²) in [7, 11) is 11.7. The minimum Gasteiger partial charge on any atom is -0.668 e. The van der Waals surface area contributed by atoms with E-state index < -0.39 is 130 Å². The molecule has 106 heavy (non-hydrogen) atoms. The van der Waals surface area contributed by atoms with Gasteiger partial charge >= 0.3 is 18.2 Å². The van der Waals surface area contributed by atoms with E-state index in [9.17, 15) is 44.1 Å². The lowest BCUT2D eigenvalue weighted by atomic mass is 9.83. The number of aliphatic hydroxyl groups excluding tert-OH is 1. The zero-order chi connectivity index (χ0) is 80.2. The number of methoxy groups -OCH3 is 4. The molecule has 0 aliphatic carbocycles. The second-order valence-corrected chi connectivity index (χ2v) is 45.0. The first-order valence-corrected chi connectivity index (χ1v) is 46.4. The maximum atomic E-state index is 14.2. The van der Waals surface area contributed by atoms with Crippen LogP contribution in [-0.4, -0.2) is 216 Å². The Morgan fingerprint density at radius 1 is 0.736 bits per heavy atom. The van der Waals surface area contributed by atoms with Crippen molar-refractivity contribution in [2.24, 2.45) is 11.8 Å². The Morgan fingerprint density at radius 3 is 1.53 bits per heavy atom. The topological polar surface area (TPSA) is 301 Å². The number of alkyl carbamates (subject to hydrolysis) is 2. The molecule has 0 radical (unpaired) electrons. The predicted molar refractivity (Wildman–Crippen MR) is 427 cm³/mol. The summed E-state index contributed by atoms with van der Waals surface area (Å²) < 4.78 is 56.5. The lowest BCUT2D eigenvalue weighted by Gasteiger charge is -2.45. The number of fused-ring (bicyclic) bond motifs is 10. The van der Waals surface area contributed by atoms with Crippen LogP contribution in [0.3, 0.4) is 0 Å². The number of epoxide rings is 2. The Hall–Kier alpha value is -4.61. The SMILES string of the molecule is COc1cc2cc(c1Cl)N(C)C(=O)CC(O)C1(C)OC1C(C)C1CC(O)(NC(=O)O1)C(OC)/C=C/C=C(\C)C2.COc1cc2cc(c1Cl)N(C)C(=O)CC(OC(=O)[C@H](C)N(C)C(=O)CCC(C)(C)SSC)C1(C)OC1C(C)C1CC(O)(NC(=O)O1)C(OC)/C=C/C=C(\C)C2.C[Si](C)(C)[N-][Si](C)(C)C.ClCCl. The number of anilines is 2. The minimum absolute atomic E-state index is 0.0310. The summed E-state index contributed by atoms with van der Waals surface area (Å²) >= 11 is 22.9. The fraction of sp³-hybridized carbons (Fsp3) is 0.649. The van der Waals surface area contributed by atoms with E-state index in [1.54, 1.807) is 99.9 Å². The number of esters is 1. The third kappa shape index (κ3) is 24.7. The summed E-state index contributed by atoms with van der Waals surface area (Å²) in [5.74, 6) is -1.82. The van der Waals surface area contributed by atoms with Crippen LogP contribution in [0.4, 0.5) is 21.0 Å². The van der Waals surface area contributed by atoms with Gasteiger partial charge in [0.2, 0.25) is 17.7 Å². The Bertz CT molecular complexity index is 3540. The van der Waals surface area contributed by atoms with Crippen molar-refractivity contribution < 1.29 is 86.7 Å². The number of likely N-dealkylation sites (N-methyl/N-ethyl adjacent to an activating group) is 1. The lowest BCUT2D eigenvalue weighted by Crippen LogP contribution is -2.63. The summed E-state index contributed by atoms with van der Waals surface area (Å²) in [4.78, 5) is 84.1. The van der Waals surface area contributed by atoms with E-state index in [1.807, 2.05) is 58.2 Å². The van der Waals surface area contributed by atoms with E-state index in [0.717, 1.165) is 22.3 Å². The first-order valence-electron chi connectivity index (χ1n) is 35.1. The van der Waals surface area contributed by atoms with Gasteiger partial charge < -0.3 is 77.3 Å². The molecule has 5 amide bonds. The Labute approximate surface area is 656 Å². The quantitative estimate of drug-likeness (QED) is 0.0293. The summed E-state index contributed by atoms with van der Waals surface area (Å²) in [6.45, 7) is 30.4. The van der Waals surface area contributed by atoms with Crippen LogP contribution in [0.2, 0.25) is 49.3 Å². The number of rotatable bonds is 14. The number of nitrogens with zero attached hydrogens (tertiary/aromatic N) is 4. The van der Waals surface area contributed by atoms with E-state index in [2.05, 4.69) is 63.8 Å². The van der Waals surface area contributed by atoms with E-state index in [-0.39, 0.29) is 64.0 Å². The van der Waals surface area contributed by atoms with E-state index in [1.165, 1.54) is 43.1 Å². The zero-order valence-electron chi connectivity index (χ0n) is 65.6. The van der Waals surface area contributed by atoms with Gasteiger partial charge in [-0.25, -0.2) is 14.4 Å². The number of hydrogen-bond acceptors (Lipinski definition) is 20. The molecule has 32 heteroatoms. The molecule has 14 unspecified atom stereocenters. The second-order valence-electron chi connectivity index (χ2n) is 30.8.